The summed E-state index contributed by atoms with van der Waals surface area (Å²) < 4.78 is 5.78. The van der Waals surface area contributed by atoms with Gasteiger partial charge in [-0.15, -0.1) is 11.8 Å². The summed E-state index contributed by atoms with van der Waals surface area (Å²) in [5, 5.41) is 7.72. The first-order chi connectivity index (χ1) is 9.06. The molecule has 0 unspecified atom stereocenters. The Morgan fingerprint density at radius 3 is 2.74 bits per heavy atom. The summed E-state index contributed by atoms with van der Waals surface area (Å²) in [6.45, 7) is 3.71. The highest BCUT2D eigenvalue weighted by Crippen LogP contribution is 2.29. The molecule has 0 aliphatic rings. The van der Waals surface area contributed by atoms with Crippen LogP contribution in [0.25, 0.3) is 0 Å². The van der Waals surface area contributed by atoms with Crippen LogP contribution in [-0.2, 0) is 0 Å². The van der Waals surface area contributed by atoms with E-state index in [1.54, 1.807) is 11.8 Å². The van der Waals surface area contributed by atoms with Crippen LogP contribution in [0, 0.1) is 5.41 Å². The number of hydrogen-bond donors (Lipinski definition) is 2. The van der Waals surface area contributed by atoms with E-state index in [9.17, 15) is 0 Å². The zero-order valence-corrected chi connectivity index (χ0v) is 12.7. The highest BCUT2D eigenvalue weighted by molar-refractivity contribution is 7.99. The van der Waals surface area contributed by atoms with Gasteiger partial charge in [-0.2, -0.15) is 0 Å². The van der Waals surface area contributed by atoms with Crippen molar-refractivity contribution in [3.05, 3.63) is 23.8 Å². The molecule has 0 spiro atoms. The molecule has 0 bridgehead atoms. The van der Waals surface area contributed by atoms with Crippen molar-refractivity contribution < 1.29 is 4.74 Å². The first-order valence-corrected chi connectivity index (χ1v) is 7.42. The molecule has 0 heterocycles. The molecule has 0 saturated carbocycles. The van der Waals surface area contributed by atoms with E-state index >= 15 is 0 Å². The molecule has 0 amide bonds. The molecule has 19 heavy (non-hydrogen) atoms. The van der Waals surface area contributed by atoms with Crippen LogP contribution in [0.3, 0.4) is 0 Å². The zero-order chi connectivity index (χ0) is 14.3. The Labute approximate surface area is 119 Å². The van der Waals surface area contributed by atoms with E-state index in [0.29, 0.717) is 12.4 Å². The van der Waals surface area contributed by atoms with E-state index in [1.165, 1.54) is 0 Å². The van der Waals surface area contributed by atoms with Gasteiger partial charge in [0.1, 0.15) is 11.6 Å². The van der Waals surface area contributed by atoms with Crippen LogP contribution in [0.1, 0.15) is 18.9 Å². The van der Waals surface area contributed by atoms with Crippen molar-refractivity contribution in [3.8, 4) is 5.75 Å². The molecule has 0 saturated heterocycles. The van der Waals surface area contributed by atoms with Crippen molar-refractivity contribution in [2.24, 2.45) is 5.73 Å². The summed E-state index contributed by atoms with van der Waals surface area (Å²) in [7, 11) is 4.08. The van der Waals surface area contributed by atoms with Crippen molar-refractivity contribution >= 4 is 17.6 Å². The third kappa shape index (κ3) is 5.12. The van der Waals surface area contributed by atoms with Crippen LogP contribution in [0.5, 0.6) is 5.75 Å². The molecular weight excluding hydrogens is 258 g/mol. The molecule has 3 N–H and O–H groups in total. The van der Waals surface area contributed by atoms with Gasteiger partial charge in [0, 0.05) is 11.4 Å². The molecule has 106 valence electrons. The lowest BCUT2D eigenvalue weighted by Crippen LogP contribution is -2.17. The van der Waals surface area contributed by atoms with Crippen LogP contribution in [0.4, 0.5) is 0 Å². The second-order valence-electron chi connectivity index (χ2n) is 4.48. The summed E-state index contributed by atoms with van der Waals surface area (Å²) in [6, 6.07) is 5.81. The fourth-order valence-electron chi connectivity index (χ4n) is 1.74. The minimum absolute atomic E-state index is 0.0687. The van der Waals surface area contributed by atoms with Gasteiger partial charge in [-0.05, 0) is 38.4 Å². The molecule has 0 radical (unpaired) electrons. The van der Waals surface area contributed by atoms with E-state index in [4.69, 9.17) is 15.9 Å². The van der Waals surface area contributed by atoms with E-state index in [1.807, 2.05) is 32.3 Å². The maximum atomic E-state index is 7.72. The summed E-state index contributed by atoms with van der Waals surface area (Å²) in [5.41, 5.74) is 6.40. The normalized spacial score (nSPS) is 10.7. The molecule has 5 heteroatoms. The number of rotatable bonds is 8. The van der Waals surface area contributed by atoms with E-state index in [2.05, 4.69) is 11.8 Å². The quantitative estimate of drug-likeness (QED) is 0.332. The second-order valence-corrected chi connectivity index (χ2v) is 5.79. The zero-order valence-electron chi connectivity index (χ0n) is 11.9. The summed E-state index contributed by atoms with van der Waals surface area (Å²) in [6.07, 6.45) is 0.954. The number of hydrogen-bond acceptors (Lipinski definition) is 4. The number of thioether (sulfide) groups is 1. The van der Waals surface area contributed by atoms with Crippen molar-refractivity contribution in [2.75, 3.05) is 33.0 Å². The lowest BCUT2D eigenvalue weighted by atomic mass is 10.2. The molecule has 0 fully saturated rings. The number of benzene rings is 1. The maximum absolute atomic E-state index is 7.72. The first-order valence-electron chi connectivity index (χ1n) is 6.44. The Bertz CT molecular complexity index is 421. The lowest BCUT2D eigenvalue weighted by molar-refractivity contribution is 0.280. The number of amidine groups is 1. The van der Waals surface area contributed by atoms with Crippen LogP contribution in [0.2, 0.25) is 0 Å². The van der Waals surface area contributed by atoms with Crippen LogP contribution in [0.15, 0.2) is 23.1 Å². The summed E-state index contributed by atoms with van der Waals surface area (Å²) in [4.78, 5) is 3.14. The Morgan fingerprint density at radius 1 is 1.42 bits per heavy atom. The van der Waals surface area contributed by atoms with Crippen molar-refractivity contribution in [1.29, 1.82) is 5.41 Å². The third-order valence-electron chi connectivity index (χ3n) is 2.56. The van der Waals surface area contributed by atoms with Crippen LogP contribution < -0.4 is 10.5 Å². The third-order valence-corrected chi connectivity index (χ3v) is 3.50. The van der Waals surface area contributed by atoms with E-state index in [-0.39, 0.29) is 5.84 Å². The maximum Gasteiger partial charge on any atom is 0.131 e. The molecule has 0 atom stereocenters. The van der Waals surface area contributed by atoms with Crippen molar-refractivity contribution in [3.63, 3.8) is 0 Å². The topological polar surface area (TPSA) is 62.3 Å². The van der Waals surface area contributed by atoms with Gasteiger partial charge >= 0.3 is 0 Å². The summed E-state index contributed by atoms with van der Waals surface area (Å²) >= 11 is 1.68. The molecular formula is C14H23N3OS. The highest BCUT2D eigenvalue weighted by Gasteiger charge is 2.12. The number of nitrogens with zero attached hydrogens (tertiary/aromatic N) is 1. The Morgan fingerprint density at radius 2 is 2.16 bits per heavy atom. The Kier molecular flexibility index (Phi) is 6.73. The van der Waals surface area contributed by atoms with Gasteiger partial charge in [-0.25, -0.2) is 0 Å². The molecule has 0 aromatic heterocycles. The summed E-state index contributed by atoms with van der Waals surface area (Å²) in [5.74, 6) is 1.73. The van der Waals surface area contributed by atoms with E-state index in [0.717, 1.165) is 29.2 Å². The number of nitrogen functional groups attached to an aromatic ring is 1. The van der Waals surface area contributed by atoms with Gasteiger partial charge in [-0.1, -0.05) is 13.0 Å². The fourth-order valence-corrected chi connectivity index (χ4v) is 2.58. The number of nitrogens with two attached hydrogens (primary N) is 1. The minimum atomic E-state index is 0.0687. The highest BCUT2D eigenvalue weighted by atomic mass is 32.2. The standard InChI is InChI=1S/C14H23N3OS/c1-4-19-12-8-5-7-11(13(12)14(15)16)18-10-6-9-17(2)3/h5,7-8H,4,6,9-10H2,1-3H3,(H3,15,16). The first kappa shape index (κ1) is 15.9. The van der Waals surface area contributed by atoms with Crippen LogP contribution >= 0.6 is 11.8 Å². The number of nitrogens with one attached hydrogen (secondary N) is 1. The van der Waals surface area contributed by atoms with Gasteiger partial charge < -0.3 is 15.4 Å². The molecule has 0 aliphatic carbocycles. The van der Waals surface area contributed by atoms with Gasteiger partial charge in [0.05, 0.1) is 12.2 Å². The van der Waals surface area contributed by atoms with Crippen LogP contribution in [-0.4, -0.2) is 43.7 Å². The minimum Gasteiger partial charge on any atom is -0.493 e. The smallest absolute Gasteiger partial charge is 0.131 e. The van der Waals surface area contributed by atoms with Gasteiger partial charge in [0.25, 0.3) is 0 Å². The predicted octanol–water partition coefficient (Wildman–Crippen LogP) is 2.41. The van der Waals surface area contributed by atoms with Crippen molar-refractivity contribution in [2.45, 2.75) is 18.2 Å². The Hall–Kier alpha value is -1.20. The average Bonchev–Trinajstić information content (AvgIpc) is 2.34. The molecule has 0 aliphatic heterocycles. The average molecular weight is 281 g/mol. The van der Waals surface area contributed by atoms with Gasteiger partial charge in [0.15, 0.2) is 0 Å². The van der Waals surface area contributed by atoms with Crippen molar-refractivity contribution in [1.82, 2.24) is 4.90 Å². The van der Waals surface area contributed by atoms with Gasteiger partial charge in [0.2, 0.25) is 0 Å². The second kappa shape index (κ2) is 8.07. The number of ether oxygens (including phenoxy) is 1. The molecule has 1 rings (SSSR count). The van der Waals surface area contributed by atoms with E-state index < -0.39 is 0 Å². The molecule has 1 aromatic rings. The Balaban J connectivity index is 2.76. The molecule has 1 aromatic carbocycles. The monoisotopic (exact) mass is 281 g/mol. The predicted molar refractivity (Wildman–Crippen MR) is 82.5 cm³/mol. The SMILES string of the molecule is CCSc1cccc(OCCCN(C)C)c1C(=N)N. The van der Waals surface area contributed by atoms with Gasteiger partial charge in [-0.3, -0.25) is 5.41 Å². The molecule has 4 nitrogen and oxygen atoms in total. The lowest BCUT2D eigenvalue weighted by Gasteiger charge is -2.15. The fraction of sp³-hybridized carbons (Fsp3) is 0.500. The largest absolute Gasteiger partial charge is 0.493 e.